The van der Waals surface area contributed by atoms with E-state index in [1.54, 1.807) is 18.2 Å². The maximum Gasteiger partial charge on any atom is 0.231 e. The Balaban J connectivity index is 1.87. The number of aromatic amines is 1. The zero-order chi connectivity index (χ0) is 15.5. The Kier molecular flexibility index (Phi) is 4.09. The molecule has 5 nitrogen and oxygen atoms in total. The predicted octanol–water partition coefficient (Wildman–Crippen LogP) is 3.94. The Morgan fingerprint density at radius 3 is 2.55 bits per heavy atom. The van der Waals surface area contributed by atoms with E-state index < -0.39 is 0 Å². The summed E-state index contributed by atoms with van der Waals surface area (Å²) in [5, 5.41) is 0.987. The average molecular weight is 332 g/mol. The van der Waals surface area contributed by atoms with Crippen LogP contribution in [-0.2, 0) is 0 Å². The Morgan fingerprint density at radius 1 is 1.09 bits per heavy atom. The summed E-state index contributed by atoms with van der Waals surface area (Å²) in [5.74, 6) is 0.441. The highest BCUT2D eigenvalue weighted by atomic mass is 35.5. The quantitative estimate of drug-likeness (QED) is 0.551. The molecule has 3 N–H and O–H groups in total. The summed E-state index contributed by atoms with van der Waals surface area (Å²) < 4.78 is 0. The van der Waals surface area contributed by atoms with E-state index in [4.69, 9.17) is 28.9 Å². The smallest absolute Gasteiger partial charge is 0.231 e. The third kappa shape index (κ3) is 3.10. The van der Waals surface area contributed by atoms with Crippen molar-refractivity contribution >= 4 is 52.4 Å². The SMILES string of the molecule is NC(/N=C/c1c(Cl)cccc1Cl)=N\c1nc2ccccc2[nH]1. The van der Waals surface area contributed by atoms with Gasteiger partial charge in [0, 0.05) is 11.8 Å². The van der Waals surface area contributed by atoms with E-state index >= 15 is 0 Å². The van der Waals surface area contributed by atoms with Gasteiger partial charge in [-0.3, -0.25) is 0 Å². The van der Waals surface area contributed by atoms with E-state index in [0.29, 0.717) is 21.6 Å². The molecule has 3 rings (SSSR count). The Labute approximate surface area is 136 Å². The number of rotatable bonds is 2. The molecule has 1 aromatic heterocycles. The van der Waals surface area contributed by atoms with Crippen LogP contribution in [0.1, 0.15) is 5.56 Å². The third-order valence-electron chi connectivity index (χ3n) is 2.92. The summed E-state index contributed by atoms with van der Waals surface area (Å²) in [4.78, 5) is 15.5. The van der Waals surface area contributed by atoms with Crippen molar-refractivity contribution in [3.8, 4) is 0 Å². The van der Waals surface area contributed by atoms with Crippen LogP contribution in [0.25, 0.3) is 11.0 Å². The summed E-state index contributed by atoms with van der Waals surface area (Å²) in [6.07, 6.45) is 1.48. The van der Waals surface area contributed by atoms with Crippen LogP contribution in [0.15, 0.2) is 52.4 Å². The summed E-state index contributed by atoms with van der Waals surface area (Å²) in [6, 6.07) is 12.8. The molecule has 0 saturated carbocycles. The molecule has 0 aliphatic heterocycles. The molecule has 0 aliphatic carbocycles. The molecule has 0 saturated heterocycles. The van der Waals surface area contributed by atoms with Crippen LogP contribution in [0.3, 0.4) is 0 Å². The molecular weight excluding hydrogens is 321 g/mol. The zero-order valence-electron chi connectivity index (χ0n) is 11.3. The number of nitrogens with two attached hydrogens (primary N) is 1. The molecule has 7 heteroatoms. The van der Waals surface area contributed by atoms with Gasteiger partial charge in [0.1, 0.15) is 0 Å². The Morgan fingerprint density at radius 2 is 1.82 bits per heavy atom. The maximum atomic E-state index is 6.05. The van der Waals surface area contributed by atoms with Gasteiger partial charge in [-0.25, -0.2) is 9.98 Å². The lowest BCUT2D eigenvalue weighted by Gasteiger charge is -1.99. The van der Waals surface area contributed by atoms with Crippen molar-refractivity contribution in [3.63, 3.8) is 0 Å². The van der Waals surface area contributed by atoms with Gasteiger partial charge in [-0.1, -0.05) is 41.4 Å². The standard InChI is InChI=1S/C15H11Cl2N5/c16-10-4-3-5-11(17)9(10)8-19-14(18)22-15-20-12-6-1-2-7-13(12)21-15/h1-8H,(H3,18,20,21,22)/b19-8+. The highest BCUT2D eigenvalue weighted by Gasteiger charge is 2.03. The second-order valence-electron chi connectivity index (χ2n) is 4.44. The van der Waals surface area contributed by atoms with Crippen molar-refractivity contribution in [1.82, 2.24) is 9.97 Å². The normalized spacial score (nSPS) is 12.4. The number of benzene rings is 2. The number of para-hydroxylation sites is 2. The number of aliphatic imine (C=N–C) groups is 2. The zero-order valence-corrected chi connectivity index (χ0v) is 12.8. The van der Waals surface area contributed by atoms with Gasteiger partial charge in [-0.05, 0) is 24.3 Å². The minimum absolute atomic E-state index is 0.0510. The lowest BCUT2D eigenvalue weighted by molar-refractivity contribution is 1.24. The Bertz CT molecular complexity index is 829. The first-order valence-corrected chi connectivity index (χ1v) is 7.16. The van der Waals surface area contributed by atoms with Crippen LogP contribution in [0, 0.1) is 0 Å². The molecular formula is C15H11Cl2N5. The number of nitrogens with zero attached hydrogens (tertiary/aromatic N) is 3. The van der Waals surface area contributed by atoms with E-state index in [1.165, 1.54) is 6.21 Å². The fourth-order valence-electron chi connectivity index (χ4n) is 1.89. The summed E-state index contributed by atoms with van der Waals surface area (Å²) in [7, 11) is 0. The molecule has 2 aromatic carbocycles. The van der Waals surface area contributed by atoms with Crippen molar-refractivity contribution in [1.29, 1.82) is 0 Å². The van der Waals surface area contributed by atoms with Crippen molar-refractivity contribution in [2.75, 3.05) is 0 Å². The molecule has 0 aliphatic rings. The number of hydrogen-bond acceptors (Lipinski definition) is 2. The highest BCUT2D eigenvalue weighted by Crippen LogP contribution is 2.22. The van der Waals surface area contributed by atoms with Crippen molar-refractivity contribution in [3.05, 3.63) is 58.1 Å². The summed E-state index contributed by atoms with van der Waals surface area (Å²) in [6.45, 7) is 0. The van der Waals surface area contributed by atoms with Gasteiger partial charge in [0.2, 0.25) is 11.9 Å². The number of halogens is 2. The first-order chi connectivity index (χ1) is 10.6. The van der Waals surface area contributed by atoms with E-state index in [9.17, 15) is 0 Å². The molecule has 0 fully saturated rings. The van der Waals surface area contributed by atoms with Gasteiger partial charge in [0.05, 0.1) is 21.1 Å². The minimum Gasteiger partial charge on any atom is -0.368 e. The molecule has 3 aromatic rings. The number of fused-ring (bicyclic) bond motifs is 1. The lowest BCUT2D eigenvalue weighted by atomic mass is 10.2. The van der Waals surface area contributed by atoms with Gasteiger partial charge < -0.3 is 10.7 Å². The fourth-order valence-corrected chi connectivity index (χ4v) is 2.39. The first kappa shape index (κ1) is 14.6. The molecule has 0 atom stereocenters. The number of H-pyrrole nitrogens is 1. The third-order valence-corrected chi connectivity index (χ3v) is 3.58. The predicted molar refractivity (Wildman–Crippen MR) is 91.4 cm³/mol. The van der Waals surface area contributed by atoms with Crippen LogP contribution in [0.5, 0.6) is 0 Å². The second-order valence-corrected chi connectivity index (χ2v) is 5.26. The Hall–Kier alpha value is -2.37. The van der Waals surface area contributed by atoms with E-state index in [1.807, 2.05) is 24.3 Å². The van der Waals surface area contributed by atoms with E-state index in [2.05, 4.69) is 20.0 Å². The molecule has 110 valence electrons. The maximum absolute atomic E-state index is 6.05. The number of guanidine groups is 1. The van der Waals surface area contributed by atoms with E-state index in [0.717, 1.165) is 11.0 Å². The van der Waals surface area contributed by atoms with Gasteiger partial charge in [0.25, 0.3) is 0 Å². The minimum atomic E-state index is 0.0510. The van der Waals surface area contributed by atoms with Gasteiger partial charge in [0.15, 0.2) is 0 Å². The summed E-state index contributed by atoms with van der Waals surface area (Å²) in [5.41, 5.74) is 8.07. The van der Waals surface area contributed by atoms with E-state index in [-0.39, 0.29) is 5.96 Å². The number of nitrogens with one attached hydrogen (secondary N) is 1. The van der Waals surface area contributed by atoms with Crippen molar-refractivity contribution in [2.45, 2.75) is 0 Å². The van der Waals surface area contributed by atoms with Crippen molar-refractivity contribution in [2.24, 2.45) is 15.7 Å². The van der Waals surface area contributed by atoms with Crippen LogP contribution < -0.4 is 5.73 Å². The largest absolute Gasteiger partial charge is 0.368 e. The van der Waals surface area contributed by atoms with Gasteiger partial charge in [-0.15, -0.1) is 0 Å². The summed E-state index contributed by atoms with van der Waals surface area (Å²) >= 11 is 12.1. The molecule has 0 amide bonds. The molecule has 0 spiro atoms. The van der Waals surface area contributed by atoms with Crippen LogP contribution in [0.4, 0.5) is 5.95 Å². The number of imidazole rings is 1. The molecule has 22 heavy (non-hydrogen) atoms. The van der Waals surface area contributed by atoms with Crippen LogP contribution in [-0.4, -0.2) is 22.1 Å². The van der Waals surface area contributed by atoms with Crippen LogP contribution in [0.2, 0.25) is 10.0 Å². The average Bonchev–Trinajstić information content (AvgIpc) is 2.88. The number of hydrogen-bond donors (Lipinski definition) is 2. The second kappa shape index (κ2) is 6.17. The highest BCUT2D eigenvalue weighted by molar-refractivity contribution is 6.38. The molecule has 0 radical (unpaired) electrons. The first-order valence-electron chi connectivity index (χ1n) is 6.40. The van der Waals surface area contributed by atoms with Crippen molar-refractivity contribution < 1.29 is 0 Å². The molecule has 0 bridgehead atoms. The molecule has 0 unspecified atom stereocenters. The molecule has 1 heterocycles. The number of aromatic nitrogens is 2. The van der Waals surface area contributed by atoms with Crippen LogP contribution >= 0.6 is 23.2 Å². The van der Waals surface area contributed by atoms with Gasteiger partial charge in [-0.2, -0.15) is 4.99 Å². The monoisotopic (exact) mass is 331 g/mol. The van der Waals surface area contributed by atoms with Gasteiger partial charge >= 0.3 is 0 Å². The fraction of sp³-hybridized carbons (Fsp3) is 0. The lowest BCUT2D eigenvalue weighted by Crippen LogP contribution is -2.08. The topological polar surface area (TPSA) is 79.4 Å².